The first kappa shape index (κ1) is 13.1. The van der Waals surface area contributed by atoms with Crippen LogP contribution in [0.15, 0.2) is 12.3 Å². The molecule has 106 valence electrons. The second-order valence-electron chi connectivity index (χ2n) is 6.22. The zero-order chi connectivity index (χ0) is 13.3. The Bertz CT molecular complexity index is 427. The number of nitrogens with zero attached hydrogens (tertiary/aromatic N) is 2. The molecule has 4 nitrogen and oxygen atoms in total. The predicted octanol–water partition coefficient (Wildman–Crippen LogP) is 1.76. The third kappa shape index (κ3) is 2.56. The van der Waals surface area contributed by atoms with Gasteiger partial charge in [0.2, 0.25) is 0 Å². The summed E-state index contributed by atoms with van der Waals surface area (Å²) in [4.78, 5) is 0. The molecule has 0 aromatic carbocycles. The predicted molar refractivity (Wildman–Crippen MR) is 75.0 cm³/mol. The van der Waals surface area contributed by atoms with Crippen LogP contribution >= 0.6 is 0 Å². The fourth-order valence-corrected chi connectivity index (χ4v) is 3.66. The minimum Gasteiger partial charge on any atom is -0.377 e. The van der Waals surface area contributed by atoms with E-state index in [0.717, 1.165) is 25.5 Å². The van der Waals surface area contributed by atoms with Gasteiger partial charge >= 0.3 is 0 Å². The molecule has 1 N–H and O–H groups in total. The summed E-state index contributed by atoms with van der Waals surface area (Å²) in [5.41, 5.74) is 1.66. The standard InChI is InChI=1S/C15H25N3O/c1-16-11-15(7-5-13-6-9-17-18(13)2)8-10-19-14(15)12-3-4-12/h6,9,12,14,16H,3-5,7-8,10-11H2,1-2H3. The van der Waals surface area contributed by atoms with E-state index in [4.69, 9.17) is 4.74 Å². The maximum Gasteiger partial charge on any atom is 0.0672 e. The number of aryl methyl sites for hydroxylation is 2. The summed E-state index contributed by atoms with van der Waals surface area (Å²) in [5, 5.41) is 7.67. The lowest BCUT2D eigenvalue weighted by atomic mass is 9.74. The Morgan fingerprint density at radius 2 is 2.37 bits per heavy atom. The van der Waals surface area contributed by atoms with Crippen molar-refractivity contribution in [1.82, 2.24) is 15.1 Å². The molecule has 1 aliphatic heterocycles. The van der Waals surface area contributed by atoms with Crippen molar-refractivity contribution in [2.45, 2.75) is 38.2 Å². The van der Waals surface area contributed by atoms with Gasteiger partial charge in [0.15, 0.2) is 0 Å². The molecule has 2 heterocycles. The van der Waals surface area contributed by atoms with Crippen LogP contribution in [0.1, 0.15) is 31.4 Å². The Hall–Kier alpha value is -0.870. The third-order valence-corrected chi connectivity index (χ3v) is 4.88. The molecule has 2 unspecified atom stereocenters. The number of ether oxygens (including phenoxy) is 1. The van der Waals surface area contributed by atoms with Gasteiger partial charge in [-0.1, -0.05) is 0 Å². The summed E-state index contributed by atoms with van der Waals surface area (Å²) < 4.78 is 8.08. The van der Waals surface area contributed by atoms with E-state index in [0.29, 0.717) is 11.5 Å². The molecule has 1 saturated heterocycles. The number of nitrogens with one attached hydrogen (secondary N) is 1. The summed E-state index contributed by atoms with van der Waals surface area (Å²) in [6, 6.07) is 2.13. The van der Waals surface area contributed by atoms with Crippen LogP contribution < -0.4 is 5.32 Å². The van der Waals surface area contributed by atoms with Crippen LogP contribution in [0.5, 0.6) is 0 Å². The number of hydrogen-bond donors (Lipinski definition) is 1. The van der Waals surface area contributed by atoms with Crippen molar-refractivity contribution in [1.29, 1.82) is 0 Å². The largest absolute Gasteiger partial charge is 0.377 e. The fraction of sp³-hybridized carbons (Fsp3) is 0.800. The molecule has 2 fully saturated rings. The van der Waals surface area contributed by atoms with Gasteiger partial charge in [-0.3, -0.25) is 4.68 Å². The molecule has 1 aliphatic carbocycles. The van der Waals surface area contributed by atoms with Gasteiger partial charge in [0.25, 0.3) is 0 Å². The SMILES string of the molecule is CNCC1(CCc2ccnn2C)CCOC1C1CC1. The van der Waals surface area contributed by atoms with Crippen LogP contribution in [-0.4, -0.2) is 36.1 Å². The molecule has 3 rings (SSSR count). The molecule has 1 aromatic heterocycles. The summed E-state index contributed by atoms with van der Waals surface area (Å²) in [6.45, 7) is 2.01. The van der Waals surface area contributed by atoms with E-state index in [1.54, 1.807) is 0 Å². The fourth-order valence-electron chi connectivity index (χ4n) is 3.66. The Labute approximate surface area is 115 Å². The van der Waals surface area contributed by atoms with Crippen molar-refractivity contribution in [3.8, 4) is 0 Å². The smallest absolute Gasteiger partial charge is 0.0672 e. The Morgan fingerprint density at radius 1 is 1.53 bits per heavy atom. The zero-order valence-corrected chi connectivity index (χ0v) is 12.1. The Morgan fingerprint density at radius 3 is 3.00 bits per heavy atom. The number of aromatic nitrogens is 2. The van der Waals surface area contributed by atoms with Crippen LogP contribution in [0.25, 0.3) is 0 Å². The van der Waals surface area contributed by atoms with Gasteiger partial charge in [0.1, 0.15) is 0 Å². The highest BCUT2D eigenvalue weighted by Gasteiger charge is 2.50. The van der Waals surface area contributed by atoms with Crippen molar-refractivity contribution in [2.24, 2.45) is 18.4 Å². The van der Waals surface area contributed by atoms with E-state index in [-0.39, 0.29) is 0 Å². The van der Waals surface area contributed by atoms with Crippen LogP contribution in [0.3, 0.4) is 0 Å². The van der Waals surface area contributed by atoms with Crippen LogP contribution in [-0.2, 0) is 18.2 Å². The zero-order valence-electron chi connectivity index (χ0n) is 12.1. The van der Waals surface area contributed by atoms with Crippen LogP contribution in [0, 0.1) is 11.3 Å². The highest BCUT2D eigenvalue weighted by molar-refractivity contribution is 5.05. The maximum absolute atomic E-state index is 6.08. The highest BCUT2D eigenvalue weighted by atomic mass is 16.5. The van der Waals surface area contributed by atoms with Gasteiger partial charge in [0, 0.05) is 37.5 Å². The summed E-state index contributed by atoms with van der Waals surface area (Å²) >= 11 is 0. The van der Waals surface area contributed by atoms with Gasteiger partial charge < -0.3 is 10.1 Å². The van der Waals surface area contributed by atoms with Gasteiger partial charge in [-0.05, 0) is 51.1 Å². The van der Waals surface area contributed by atoms with E-state index >= 15 is 0 Å². The van der Waals surface area contributed by atoms with Crippen LogP contribution in [0.4, 0.5) is 0 Å². The molecule has 0 amide bonds. The van der Waals surface area contributed by atoms with E-state index in [9.17, 15) is 0 Å². The molecule has 1 aromatic rings. The molecule has 0 bridgehead atoms. The molecule has 4 heteroatoms. The molecule has 2 atom stereocenters. The quantitative estimate of drug-likeness (QED) is 0.850. The molecular weight excluding hydrogens is 238 g/mol. The van der Waals surface area contributed by atoms with Gasteiger partial charge in [-0.2, -0.15) is 5.10 Å². The topological polar surface area (TPSA) is 39.1 Å². The van der Waals surface area contributed by atoms with Gasteiger partial charge in [0.05, 0.1) is 6.10 Å². The molecule has 0 spiro atoms. The first-order valence-corrected chi connectivity index (χ1v) is 7.48. The van der Waals surface area contributed by atoms with E-state index in [1.807, 2.05) is 17.9 Å². The monoisotopic (exact) mass is 263 g/mol. The van der Waals surface area contributed by atoms with Gasteiger partial charge in [-0.25, -0.2) is 0 Å². The first-order valence-electron chi connectivity index (χ1n) is 7.48. The normalized spacial score (nSPS) is 30.9. The van der Waals surface area contributed by atoms with Crippen molar-refractivity contribution in [2.75, 3.05) is 20.2 Å². The lowest BCUT2D eigenvalue weighted by Gasteiger charge is -2.34. The van der Waals surface area contributed by atoms with Crippen LogP contribution in [0.2, 0.25) is 0 Å². The lowest BCUT2D eigenvalue weighted by Crippen LogP contribution is -2.41. The third-order valence-electron chi connectivity index (χ3n) is 4.88. The molecule has 0 radical (unpaired) electrons. The van der Waals surface area contributed by atoms with Crippen molar-refractivity contribution in [3.63, 3.8) is 0 Å². The lowest BCUT2D eigenvalue weighted by molar-refractivity contribution is 0.0273. The average Bonchev–Trinajstić information content (AvgIpc) is 3.03. The van der Waals surface area contributed by atoms with Crippen molar-refractivity contribution in [3.05, 3.63) is 18.0 Å². The van der Waals surface area contributed by atoms with Crippen molar-refractivity contribution >= 4 is 0 Å². The van der Waals surface area contributed by atoms with Gasteiger partial charge in [-0.15, -0.1) is 0 Å². The second-order valence-corrected chi connectivity index (χ2v) is 6.22. The van der Waals surface area contributed by atoms with E-state index in [2.05, 4.69) is 23.5 Å². The summed E-state index contributed by atoms with van der Waals surface area (Å²) in [5.74, 6) is 0.822. The number of hydrogen-bond acceptors (Lipinski definition) is 3. The molecule has 1 saturated carbocycles. The molecular formula is C15H25N3O. The molecule has 19 heavy (non-hydrogen) atoms. The van der Waals surface area contributed by atoms with Crippen molar-refractivity contribution < 1.29 is 4.74 Å². The van der Waals surface area contributed by atoms with E-state index in [1.165, 1.54) is 31.4 Å². The minimum absolute atomic E-state index is 0.334. The second kappa shape index (κ2) is 5.25. The molecule has 2 aliphatic rings. The first-order chi connectivity index (χ1) is 9.25. The van der Waals surface area contributed by atoms with E-state index < -0.39 is 0 Å². The summed E-state index contributed by atoms with van der Waals surface area (Å²) in [7, 11) is 4.09. The Kier molecular flexibility index (Phi) is 3.63. The highest BCUT2D eigenvalue weighted by Crippen LogP contribution is 2.49. The Balaban J connectivity index is 1.71. The number of rotatable bonds is 6. The average molecular weight is 263 g/mol. The minimum atomic E-state index is 0.334. The summed E-state index contributed by atoms with van der Waals surface area (Å²) in [6.07, 6.45) is 8.60. The maximum atomic E-state index is 6.08.